The summed E-state index contributed by atoms with van der Waals surface area (Å²) < 4.78 is 0. The maximum Gasteiger partial charge on any atom is 0.113 e. The molecule has 0 saturated heterocycles. The number of nitrogens with one attached hydrogen (secondary N) is 1. The Morgan fingerprint density at radius 1 is 1.38 bits per heavy atom. The molecule has 0 aliphatic rings. The predicted molar refractivity (Wildman–Crippen MR) is 61.2 cm³/mol. The first kappa shape index (κ1) is 10.9. The van der Waals surface area contributed by atoms with Crippen LogP contribution < -0.4 is 5.43 Å². The molecule has 6 heteroatoms. The molecule has 0 radical (unpaired) electrons. The summed E-state index contributed by atoms with van der Waals surface area (Å²) in [4.78, 5) is 1.51. The number of hydrogen-bond acceptors (Lipinski definition) is 4. The summed E-state index contributed by atoms with van der Waals surface area (Å²) in [6.07, 6.45) is 0. The van der Waals surface area contributed by atoms with E-state index in [1.807, 2.05) is 19.1 Å². The van der Waals surface area contributed by atoms with Gasteiger partial charge >= 0.3 is 0 Å². The summed E-state index contributed by atoms with van der Waals surface area (Å²) in [5.41, 5.74) is 5.21. The van der Waals surface area contributed by atoms with Crippen molar-refractivity contribution in [1.29, 1.82) is 0 Å². The lowest BCUT2D eigenvalue weighted by atomic mass is 10.3. The molecular weight excluding hydrogens is 228 g/mol. The van der Waals surface area contributed by atoms with Crippen molar-refractivity contribution >= 4 is 17.3 Å². The SMILES string of the molecule is Cc1c(CO)nnn1Nc1ccc(Cl)cc1. The van der Waals surface area contributed by atoms with Gasteiger partial charge in [-0.1, -0.05) is 11.6 Å². The molecule has 1 aromatic carbocycles. The van der Waals surface area contributed by atoms with Crippen molar-refractivity contribution in [3.05, 3.63) is 40.7 Å². The van der Waals surface area contributed by atoms with Crippen LogP contribution in [0, 0.1) is 6.92 Å². The summed E-state index contributed by atoms with van der Waals surface area (Å²) in [7, 11) is 0. The number of halogens is 1. The molecule has 0 aliphatic carbocycles. The maximum atomic E-state index is 8.97. The molecule has 2 rings (SSSR count). The molecular formula is C10H11ClN4O. The fourth-order valence-electron chi connectivity index (χ4n) is 1.26. The molecule has 5 nitrogen and oxygen atoms in total. The lowest BCUT2D eigenvalue weighted by Gasteiger charge is -2.06. The van der Waals surface area contributed by atoms with Gasteiger partial charge in [0.15, 0.2) is 0 Å². The third-order valence-corrected chi connectivity index (χ3v) is 2.47. The van der Waals surface area contributed by atoms with E-state index in [1.165, 1.54) is 4.79 Å². The number of hydrogen-bond donors (Lipinski definition) is 2. The second kappa shape index (κ2) is 4.51. The Bertz CT molecular complexity index is 480. The minimum Gasteiger partial charge on any atom is -0.390 e. The van der Waals surface area contributed by atoms with Gasteiger partial charge in [0, 0.05) is 5.02 Å². The second-order valence-electron chi connectivity index (χ2n) is 3.31. The number of aromatic nitrogens is 3. The highest BCUT2D eigenvalue weighted by molar-refractivity contribution is 6.30. The Balaban J connectivity index is 2.20. The van der Waals surface area contributed by atoms with Crippen LogP contribution in [-0.4, -0.2) is 20.2 Å². The van der Waals surface area contributed by atoms with Gasteiger partial charge < -0.3 is 5.11 Å². The molecule has 16 heavy (non-hydrogen) atoms. The van der Waals surface area contributed by atoms with E-state index in [9.17, 15) is 0 Å². The van der Waals surface area contributed by atoms with Crippen LogP contribution in [0.25, 0.3) is 0 Å². The Hall–Kier alpha value is -1.59. The van der Waals surface area contributed by atoms with Crippen molar-refractivity contribution in [1.82, 2.24) is 15.1 Å². The van der Waals surface area contributed by atoms with E-state index in [0.29, 0.717) is 10.7 Å². The van der Waals surface area contributed by atoms with Crippen molar-refractivity contribution in [3.8, 4) is 0 Å². The molecule has 0 spiro atoms. The molecule has 0 aliphatic heterocycles. The minimum atomic E-state index is -0.117. The molecule has 0 bridgehead atoms. The standard InChI is InChI=1S/C10H11ClN4O/c1-7-10(6-16)12-14-15(7)13-9-4-2-8(11)3-5-9/h2-5,13,16H,6H2,1H3. The van der Waals surface area contributed by atoms with E-state index in [-0.39, 0.29) is 6.61 Å². The van der Waals surface area contributed by atoms with Crippen LogP contribution in [0.1, 0.15) is 11.4 Å². The van der Waals surface area contributed by atoms with Gasteiger partial charge in [-0.2, -0.15) is 4.79 Å². The van der Waals surface area contributed by atoms with Crippen molar-refractivity contribution in [2.45, 2.75) is 13.5 Å². The zero-order valence-electron chi connectivity index (χ0n) is 8.68. The van der Waals surface area contributed by atoms with Gasteiger partial charge in [0.1, 0.15) is 5.69 Å². The highest BCUT2D eigenvalue weighted by Gasteiger charge is 2.06. The predicted octanol–water partition coefficient (Wildman–Crippen LogP) is 1.61. The highest BCUT2D eigenvalue weighted by atomic mass is 35.5. The molecule has 0 fully saturated rings. The number of aliphatic hydroxyl groups excluding tert-OH is 1. The first-order chi connectivity index (χ1) is 7.70. The average molecular weight is 239 g/mol. The van der Waals surface area contributed by atoms with Crippen molar-refractivity contribution in [2.75, 3.05) is 5.43 Å². The Kier molecular flexibility index (Phi) is 3.07. The zero-order chi connectivity index (χ0) is 11.5. The van der Waals surface area contributed by atoms with Gasteiger partial charge in [-0.05, 0) is 36.4 Å². The topological polar surface area (TPSA) is 63.0 Å². The van der Waals surface area contributed by atoms with Gasteiger partial charge in [-0.15, -0.1) is 5.10 Å². The van der Waals surface area contributed by atoms with E-state index in [0.717, 1.165) is 11.4 Å². The average Bonchev–Trinajstić information content (AvgIpc) is 2.63. The molecule has 0 atom stereocenters. The first-order valence-electron chi connectivity index (χ1n) is 4.75. The van der Waals surface area contributed by atoms with Crippen LogP contribution in [0.3, 0.4) is 0 Å². The van der Waals surface area contributed by atoms with Gasteiger partial charge in [-0.3, -0.25) is 5.43 Å². The Morgan fingerprint density at radius 3 is 2.62 bits per heavy atom. The van der Waals surface area contributed by atoms with E-state index >= 15 is 0 Å². The minimum absolute atomic E-state index is 0.117. The van der Waals surface area contributed by atoms with E-state index < -0.39 is 0 Å². The van der Waals surface area contributed by atoms with Crippen LogP contribution in [0.2, 0.25) is 5.02 Å². The first-order valence-corrected chi connectivity index (χ1v) is 5.13. The quantitative estimate of drug-likeness (QED) is 0.853. The largest absolute Gasteiger partial charge is 0.390 e. The summed E-state index contributed by atoms with van der Waals surface area (Å²) >= 11 is 5.78. The van der Waals surface area contributed by atoms with Crippen LogP contribution in [0.4, 0.5) is 5.69 Å². The lowest BCUT2D eigenvalue weighted by molar-refractivity contribution is 0.276. The number of nitrogens with zero attached hydrogens (tertiary/aromatic N) is 3. The molecule has 0 amide bonds. The fourth-order valence-corrected chi connectivity index (χ4v) is 1.39. The zero-order valence-corrected chi connectivity index (χ0v) is 9.44. The van der Waals surface area contributed by atoms with Gasteiger partial charge in [-0.25, -0.2) is 0 Å². The third kappa shape index (κ3) is 2.15. The summed E-state index contributed by atoms with van der Waals surface area (Å²) in [5.74, 6) is 0. The van der Waals surface area contributed by atoms with E-state index in [1.54, 1.807) is 12.1 Å². The second-order valence-corrected chi connectivity index (χ2v) is 3.75. The number of rotatable bonds is 3. The molecule has 1 heterocycles. The smallest absolute Gasteiger partial charge is 0.113 e. The summed E-state index contributed by atoms with van der Waals surface area (Å²) in [6.45, 7) is 1.71. The number of benzene rings is 1. The number of anilines is 1. The highest BCUT2D eigenvalue weighted by Crippen LogP contribution is 2.14. The van der Waals surface area contributed by atoms with Crippen molar-refractivity contribution < 1.29 is 5.11 Å². The van der Waals surface area contributed by atoms with Crippen LogP contribution in [0.15, 0.2) is 24.3 Å². The van der Waals surface area contributed by atoms with Crippen LogP contribution >= 0.6 is 11.6 Å². The third-order valence-electron chi connectivity index (χ3n) is 2.22. The monoisotopic (exact) mass is 238 g/mol. The van der Waals surface area contributed by atoms with Crippen LogP contribution in [-0.2, 0) is 6.61 Å². The van der Waals surface area contributed by atoms with Crippen molar-refractivity contribution in [2.24, 2.45) is 0 Å². The number of aliphatic hydroxyl groups is 1. The maximum absolute atomic E-state index is 8.97. The summed E-state index contributed by atoms with van der Waals surface area (Å²) in [5, 5.41) is 17.3. The van der Waals surface area contributed by atoms with E-state index in [4.69, 9.17) is 16.7 Å². The molecule has 84 valence electrons. The lowest BCUT2D eigenvalue weighted by Crippen LogP contribution is -2.12. The van der Waals surface area contributed by atoms with Gasteiger partial charge in [0.2, 0.25) is 0 Å². The Labute approximate surface area is 97.6 Å². The van der Waals surface area contributed by atoms with Gasteiger partial charge in [0.25, 0.3) is 0 Å². The molecule has 0 unspecified atom stereocenters. The molecule has 2 N–H and O–H groups in total. The fraction of sp³-hybridized carbons (Fsp3) is 0.200. The summed E-state index contributed by atoms with van der Waals surface area (Å²) in [6, 6.07) is 7.23. The van der Waals surface area contributed by atoms with E-state index in [2.05, 4.69) is 15.7 Å². The Morgan fingerprint density at radius 2 is 2.06 bits per heavy atom. The molecule has 2 aromatic rings. The normalized spacial score (nSPS) is 10.4. The van der Waals surface area contributed by atoms with Crippen LogP contribution in [0.5, 0.6) is 0 Å². The van der Waals surface area contributed by atoms with Crippen molar-refractivity contribution in [3.63, 3.8) is 0 Å². The molecule has 1 aromatic heterocycles. The molecule has 0 saturated carbocycles. The van der Waals surface area contributed by atoms with Gasteiger partial charge in [0.05, 0.1) is 18.0 Å².